The van der Waals surface area contributed by atoms with Crippen LogP contribution in [-0.2, 0) is 19.5 Å². The second kappa shape index (κ2) is 7.20. The number of hydrogen-bond acceptors (Lipinski definition) is 4. The van der Waals surface area contributed by atoms with Crippen LogP contribution in [0.3, 0.4) is 0 Å². The highest BCUT2D eigenvalue weighted by Crippen LogP contribution is 2.23. The molecule has 2 aromatic heterocycles. The maximum absolute atomic E-state index is 4.73. The van der Waals surface area contributed by atoms with Crippen LogP contribution >= 0.6 is 27.3 Å². The highest BCUT2D eigenvalue weighted by atomic mass is 79.9. The minimum atomic E-state index is 0.876. The number of hydrogen-bond donors (Lipinski definition) is 1. The Morgan fingerprint density at radius 2 is 2.15 bits per heavy atom. The highest BCUT2D eigenvalue weighted by Gasteiger charge is 2.08. The number of nitrogens with one attached hydrogen (secondary N) is 1. The summed E-state index contributed by atoms with van der Waals surface area (Å²) in [6.07, 6.45) is 0.961. The summed E-state index contributed by atoms with van der Waals surface area (Å²) in [6, 6.07) is 6.51. The molecule has 0 aromatic carbocycles. The fraction of sp³-hybridized carbons (Fsp3) is 0.400. The SMILES string of the molecule is CCc1cc(CNC)cc(N(C)Cc2cc(Br)cs2)n1. The van der Waals surface area contributed by atoms with Gasteiger partial charge in [0.15, 0.2) is 0 Å². The molecule has 0 radical (unpaired) electrons. The lowest BCUT2D eigenvalue weighted by Gasteiger charge is -2.19. The van der Waals surface area contributed by atoms with E-state index < -0.39 is 0 Å². The second-order valence-electron chi connectivity index (χ2n) is 4.80. The van der Waals surface area contributed by atoms with E-state index in [0.29, 0.717) is 0 Å². The molecule has 0 aliphatic carbocycles. The zero-order chi connectivity index (χ0) is 14.5. The highest BCUT2D eigenvalue weighted by molar-refractivity contribution is 9.10. The third kappa shape index (κ3) is 4.04. The first-order valence-electron chi connectivity index (χ1n) is 6.71. The maximum Gasteiger partial charge on any atom is 0.129 e. The molecule has 5 heteroatoms. The molecule has 0 atom stereocenters. The van der Waals surface area contributed by atoms with Crippen molar-refractivity contribution in [1.29, 1.82) is 0 Å². The van der Waals surface area contributed by atoms with Gasteiger partial charge >= 0.3 is 0 Å². The van der Waals surface area contributed by atoms with Gasteiger partial charge in [-0.25, -0.2) is 4.98 Å². The Hall–Kier alpha value is -0.910. The van der Waals surface area contributed by atoms with Crippen LogP contribution in [0.15, 0.2) is 28.1 Å². The second-order valence-corrected chi connectivity index (χ2v) is 6.71. The number of aryl methyl sites for hydroxylation is 1. The molecule has 0 bridgehead atoms. The lowest BCUT2D eigenvalue weighted by Crippen LogP contribution is -2.18. The van der Waals surface area contributed by atoms with E-state index >= 15 is 0 Å². The van der Waals surface area contributed by atoms with E-state index in [-0.39, 0.29) is 0 Å². The van der Waals surface area contributed by atoms with E-state index in [1.807, 2.05) is 7.05 Å². The minimum absolute atomic E-state index is 0.876. The number of aromatic nitrogens is 1. The predicted octanol–water partition coefficient (Wildman–Crippen LogP) is 3.82. The summed E-state index contributed by atoms with van der Waals surface area (Å²) in [6.45, 7) is 3.90. The average Bonchev–Trinajstić information content (AvgIpc) is 2.84. The van der Waals surface area contributed by atoms with Crippen molar-refractivity contribution in [2.24, 2.45) is 0 Å². The summed E-state index contributed by atoms with van der Waals surface area (Å²) in [7, 11) is 4.07. The smallest absolute Gasteiger partial charge is 0.129 e. The zero-order valence-corrected chi connectivity index (χ0v) is 14.5. The first-order chi connectivity index (χ1) is 9.62. The van der Waals surface area contributed by atoms with Crippen molar-refractivity contribution in [2.45, 2.75) is 26.4 Å². The Bertz CT molecular complexity index is 568. The van der Waals surface area contributed by atoms with Gasteiger partial charge in [-0.05, 0) is 53.2 Å². The number of halogens is 1. The molecule has 2 rings (SSSR count). The molecule has 0 spiro atoms. The number of anilines is 1. The summed E-state index contributed by atoms with van der Waals surface area (Å²) >= 11 is 5.27. The van der Waals surface area contributed by atoms with Crippen molar-refractivity contribution in [1.82, 2.24) is 10.3 Å². The third-order valence-electron chi connectivity index (χ3n) is 3.07. The maximum atomic E-state index is 4.73. The van der Waals surface area contributed by atoms with Crippen molar-refractivity contribution in [2.75, 3.05) is 19.0 Å². The van der Waals surface area contributed by atoms with Crippen LogP contribution in [0.2, 0.25) is 0 Å². The summed E-state index contributed by atoms with van der Waals surface area (Å²) in [5.41, 5.74) is 2.43. The molecule has 0 saturated carbocycles. The summed E-state index contributed by atoms with van der Waals surface area (Å²) in [4.78, 5) is 8.26. The molecular formula is C15H20BrN3S. The molecule has 0 fully saturated rings. The number of nitrogens with zero attached hydrogens (tertiary/aromatic N) is 2. The van der Waals surface area contributed by atoms with E-state index in [0.717, 1.165) is 35.5 Å². The van der Waals surface area contributed by atoms with Crippen molar-refractivity contribution in [3.63, 3.8) is 0 Å². The first kappa shape index (κ1) is 15.5. The molecule has 3 nitrogen and oxygen atoms in total. The molecular weight excluding hydrogens is 334 g/mol. The van der Waals surface area contributed by atoms with Gasteiger partial charge in [-0.15, -0.1) is 11.3 Å². The van der Waals surface area contributed by atoms with Gasteiger partial charge < -0.3 is 10.2 Å². The minimum Gasteiger partial charge on any atom is -0.355 e. The summed E-state index contributed by atoms with van der Waals surface area (Å²) in [5, 5.41) is 5.32. The van der Waals surface area contributed by atoms with Crippen LogP contribution in [0.25, 0.3) is 0 Å². The first-order valence-corrected chi connectivity index (χ1v) is 8.38. The van der Waals surface area contributed by atoms with E-state index in [1.165, 1.54) is 10.4 Å². The van der Waals surface area contributed by atoms with Crippen molar-refractivity contribution in [3.8, 4) is 0 Å². The third-order valence-corrected chi connectivity index (χ3v) is 4.76. The van der Waals surface area contributed by atoms with E-state index in [4.69, 9.17) is 4.98 Å². The van der Waals surface area contributed by atoms with Gasteiger partial charge in [-0.3, -0.25) is 0 Å². The van der Waals surface area contributed by atoms with Gasteiger partial charge in [0.05, 0.1) is 6.54 Å². The molecule has 0 aliphatic heterocycles. The van der Waals surface area contributed by atoms with Crippen LogP contribution in [0, 0.1) is 0 Å². The summed E-state index contributed by atoms with van der Waals surface area (Å²) < 4.78 is 1.15. The van der Waals surface area contributed by atoms with Crippen molar-refractivity contribution in [3.05, 3.63) is 44.2 Å². The topological polar surface area (TPSA) is 28.2 Å². The Balaban J connectivity index is 2.19. The van der Waals surface area contributed by atoms with Gasteiger partial charge in [0.1, 0.15) is 5.82 Å². The quantitative estimate of drug-likeness (QED) is 0.855. The van der Waals surface area contributed by atoms with Gasteiger partial charge in [0, 0.05) is 34.0 Å². The molecule has 0 saturated heterocycles. The van der Waals surface area contributed by atoms with Crippen LogP contribution in [0.4, 0.5) is 5.82 Å². The monoisotopic (exact) mass is 353 g/mol. The number of rotatable bonds is 6. The predicted molar refractivity (Wildman–Crippen MR) is 90.5 cm³/mol. The molecule has 0 amide bonds. The molecule has 0 unspecified atom stereocenters. The Morgan fingerprint density at radius 1 is 1.35 bits per heavy atom. The average molecular weight is 354 g/mol. The molecule has 1 N–H and O–H groups in total. The Morgan fingerprint density at radius 3 is 2.75 bits per heavy atom. The van der Waals surface area contributed by atoms with Crippen LogP contribution in [0.1, 0.15) is 23.1 Å². The van der Waals surface area contributed by atoms with Crippen LogP contribution < -0.4 is 10.2 Å². The van der Waals surface area contributed by atoms with Gasteiger partial charge in [0.2, 0.25) is 0 Å². The molecule has 2 heterocycles. The Kier molecular flexibility index (Phi) is 5.57. The number of pyridine rings is 1. The lowest BCUT2D eigenvalue weighted by molar-refractivity contribution is 0.806. The largest absolute Gasteiger partial charge is 0.355 e. The lowest BCUT2D eigenvalue weighted by atomic mass is 10.2. The fourth-order valence-corrected chi connectivity index (χ4v) is 3.57. The Labute approximate surface area is 133 Å². The van der Waals surface area contributed by atoms with Gasteiger partial charge in [-0.2, -0.15) is 0 Å². The van der Waals surface area contributed by atoms with Crippen LogP contribution in [-0.4, -0.2) is 19.1 Å². The standard InChI is InChI=1S/C15H20BrN3S/c1-4-13-5-11(8-17-2)6-15(18-13)19(3)9-14-7-12(16)10-20-14/h5-7,10,17H,4,8-9H2,1-3H3. The molecule has 2 aromatic rings. The van der Waals surface area contributed by atoms with E-state index in [2.05, 4.69) is 63.7 Å². The molecule has 20 heavy (non-hydrogen) atoms. The summed E-state index contributed by atoms with van der Waals surface area (Å²) in [5.74, 6) is 1.04. The van der Waals surface area contributed by atoms with Crippen molar-refractivity contribution < 1.29 is 0 Å². The molecule has 108 valence electrons. The van der Waals surface area contributed by atoms with Crippen LogP contribution in [0.5, 0.6) is 0 Å². The zero-order valence-electron chi connectivity index (χ0n) is 12.1. The van der Waals surface area contributed by atoms with Gasteiger partial charge in [0.25, 0.3) is 0 Å². The van der Waals surface area contributed by atoms with E-state index in [9.17, 15) is 0 Å². The van der Waals surface area contributed by atoms with Crippen molar-refractivity contribution >= 4 is 33.1 Å². The molecule has 0 aliphatic rings. The fourth-order valence-electron chi connectivity index (χ4n) is 2.07. The van der Waals surface area contributed by atoms with E-state index in [1.54, 1.807) is 11.3 Å². The normalized spacial score (nSPS) is 10.8. The number of thiophene rings is 1. The van der Waals surface area contributed by atoms with Gasteiger partial charge in [-0.1, -0.05) is 6.92 Å².